The third-order valence-corrected chi connectivity index (χ3v) is 7.78. The first kappa shape index (κ1) is 23.5. The Kier molecular flexibility index (Phi) is 6.86. The van der Waals surface area contributed by atoms with Crippen LogP contribution in [0.2, 0.25) is 0 Å². The van der Waals surface area contributed by atoms with Crippen LogP contribution >= 0.6 is 0 Å². The predicted molar refractivity (Wildman–Crippen MR) is 123 cm³/mol. The summed E-state index contributed by atoms with van der Waals surface area (Å²) in [4.78, 5) is 52.5. The lowest BCUT2D eigenvalue weighted by atomic mass is 9.78. The van der Waals surface area contributed by atoms with Gasteiger partial charge in [-0.15, -0.1) is 0 Å². The summed E-state index contributed by atoms with van der Waals surface area (Å²) in [5.41, 5.74) is 0.732. The van der Waals surface area contributed by atoms with Crippen LogP contribution in [0.1, 0.15) is 103 Å². The first-order valence-electron chi connectivity index (χ1n) is 12.3. The number of fused-ring (bicyclic) bond motifs is 1. The van der Waals surface area contributed by atoms with E-state index in [9.17, 15) is 19.2 Å². The predicted octanol–water partition coefficient (Wildman–Crippen LogP) is 4.10. The van der Waals surface area contributed by atoms with Gasteiger partial charge in [0.25, 0.3) is 17.7 Å². The van der Waals surface area contributed by atoms with E-state index in [0.29, 0.717) is 17.4 Å². The zero-order valence-electron chi connectivity index (χ0n) is 19.8. The topological polar surface area (TPSA) is 92.8 Å². The van der Waals surface area contributed by atoms with Crippen molar-refractivity contribution in [2.45, 2.75) is 90.3 Å². The molecule has 1 aromatic carbocycles. The number of hydrogen-bond donors (Lipinski definition) is 1. The lowest BCUT2D eigenvalue weighted by Crippen LogP contribution is -2.47. The molecule has 1 aromatic rings. The Morgan fingerprint density at radius 2 is 1.67 bits per heavy atom. The number of benzene rings is 1. The Hall–Kier alpha value is -2.70. The van der Waals surface area contributed by atoms with Gasteiger partial charge in [-0.25, -0.2) is 4.79 Å². The molecule has 0 bridgehead atoms. The van der Waals surface area contributed by atoms with Crippen LogP contribution in [0, 0.1) is 11.8 Å². The maximum Gasteiger partial charge on any atom is 0.338 e. The normalized spacial score (nSPS) is 26.6. The minimum atomic E-state index is -0.953. The van der Waals surface area contributed by atoms with E-state index in [1.165, 1.54) is 23.1 Å². The fourth-order valence-corrected chi connectivity index (χ4v) is 5.43. The van der Waals surface area contributed by atoms with E-state index in [2.05, 4.69) is 19.2 Å². The highest BCUT2D eigenvalue weighted by molar-refractivity contribution is 6.22. The monoisotopic (exact) mass is 454 g/mol. The van der Waals surface area contributed by atoms with Gasteiger partial charge >= 0.3 is 5.97 Å². The second kappa shape index (κ2) is 9.65. The summed E-state index contributed by atoms with van der Waals surface area (Å²) in [6, 6.07) is 4.44. The summed E-state index contributed by atoms with van der Waals surface area (Å²) < 4.78 is 5.41. The van der Waals surface area contributed by atoms with E-state index < -0.39 is 12.1 Å². The number of ether oxygens (including phenoxy) is 1. The molecule has 4 atom stereocenters. The van der Waals surface area contributed by atoms with Crippen LogP contribution < -0.4 is 5.32 Å². The number of nitrogens with zero attached hydrogens (tertiary/aromatic N) is 1. The number of carbonyl (C=O) groups is 4. The Morgan fingerprint density at radius 1 is 0.970 bits per heavy atom. The van der Waals surface area contributed by atoms with Crippen LogP contribution in [-0.2, 0) is 9.53 Å². The quantitative estimate of drug-likeness (QED) is 0.534. The molecule has 0 unspecified atom stereocenters. The summed E-state index contributed by atoms with van der Waals surface area (Å²) in [5.74, 6) is -0.708. The Bertz CT molecular complexity index is 952. The number of rotatable bonds is 5. The molecule has 4 rings (SSSR count). The zero-order valence-corrected chi connectivity index (χ0v) is 19.8. The van der Waals surface area contributed by atoms with E-state index >= 15 is 0 Å². The Morgan fingerprint density at radius 3 is 2.39 bits per heavy atom. The van der Waals surface area contributed by atoms with Crippen molar-refractivity contribution in [3.05, 3.63) is 34.9 Å². The van der Waals surface area contributed by atoms with Crippen molar-refractivity contribution in [1.82, 2.24) is 10.2 Å². The van der Waals surface area contributed by atoms with Gasteiger partial charge in [-0.2, -0.15) is 0 Å². The van der Waals surface area contributed by atoms with Gasteiger partial charge in [0.05, 0.1) is 16.7 Å². The molecule has 1 heterocycles. The van der Waals surface area contributed by atoms with Crippen molar-refractivity contribution in [3.8, 4) is 0 Å². The van der Waals surface area contributed by atoms with Crippen LogP contribution in [0.15, 0.2) is 18.2 Å². The van der Waals surface area contributed by atoms with Gasteiger partial charge in [-0.05, 0) is 56.2 Å². The van der Waals surface area contributed by atoms with Gasteiger partial charge in [0.1, 0.15) is 0 Å². The fraction of sp³-hybridized carbons (Fsp3) is 0.615. The van der Waals surface area contributed by atoms with E-state index in [0.717, 1.165) is 51.4 Å². The van der Waals surface area contributed by atoms with E-state index in [-0.39, 0.29) is 40.9 Å². The van der Waals surface area contributed by atoms with E-state index in [1.807, 2.05) is 0 Å². The molecular formula is C26H34N2O5. The molecule has 33 heavy (non-hydrogen) atoms. The summed E-state index contributed by atoms with van der Waals surface area (Å²) in [7, 11) is 0. The Labute approximate surface area is 195 Å². The van der Waals surface area contributed by atoms with Crippen molar-refractivity contribution in [1.29, 1.82) is 0 Å². The average molecular weight is 455 g/mol. The maximum absolute atomic E-state index is 13.0. The minimum Gasteiger partial charge on any atom is -0.449 e. The highest BCUT2D eigenvalue weighted by Crippen LogP contribution is 2.32. The van der Waals surface area contributed by atoms with Crippen LogP contribution in [0.4, 0.5) is 0 Å². The van der Waals surface area contributed by atoms with Crippen LogP contribution in [0.25, 0.3) is 0 Å². The standard InChI is InChI=1S/C26H34N2O5/c1-15-8-7-11-22(16(15)2)27-23(29)17(3)33-26(32)18-12-13-20-21(14-18)25(31)28(24(20)30)19-9-5-4-6-10-19/h12-17,19,22H,4-11H2,1-3H3,(H,27,29)/t15-,16-,17+,22-/m1/s1. The fourth-order valence-electron chi connectivity index (χ4n) is 5.43. The Balaban J connectivity index is 1.41. The highest BCUT2D eigenvalue weighted by Gasteiger charge is 2.40. The molecule has 1 N–H and O–H groups in total. The SMILES string of the molecule is C[C@@H]1[C@H](C)CCC[C@H]1NC(=O)[C@H](C)OC(=O)c1ccc2c(c1)C(=O)N(C1CCCCC1)C2=O. The number of imide groups is 1. The zero-order chi connectivity index (χ0) is 23.7. The van der Waals surface area contributed by atoms with Crippen molar-refractivity contribution in [2.24, 2.45) is 11.8 Å². The molecule has 3 aliphatic rings. The second-order valence-corrected chi connectivity index (χ2v) is 9.96. The third kappa shape index (κ3) is 4.68. The van der Waals surface area contributed by atoms with Crippen LogP contribution in [0.3, 0.4) is 0 Å². The van der Waals surface area contributed by atoms with Crippen LogP contribution in [-0.4, -0.2) is 46.8 Å². The number of esters is 1. The molecule has 178 valence electrons. The first-order valence-corrected chi connectivity index (χ1v) is 12.3. The summed E-state index contributed by atoms with van der Waals surface area (Å²) in [6.45, 7) is 5.89. The molecule has 2 saturated carbocycles. The first-order chi connectivity index (χ1) is 15.8. The van der Waals surface area contributed by atoms with Crippen molar-refractivity contribution in [2.75, 3.05) is 0 Å². The number of carbonyl (C=O) groups excluding carboxylic acids is 4. The summed E-state index contributed by atoms with van der Waals surface area (Å²) in [5, 5.41) is 3.03. The van der Waals surface area contributed by atoms with Crippen molar-refractivity contribution < 1.29 is 23.9 Å². The molecule has 7 nitrogen and oxygen atoms in total. The number of hydrogen-bond acceptors (Lipinski definition) is 5. The van der Waals surface area contributed by atoms with Gasteiger partial charge in [-0.1, -0.05) is 46.0 Å². The highest BCUT2D eigenvalue weighted by atomic mass is 16.5. The van der Waals surface area contributed by atoms with E-state index in [1.54, 1.807) is 6.92 Å². The minimum absolute atomic E-state index is 0.0739. The molecule has 0 radical (unpaired) electrons. The maximum atomic E-state index is 13.0. The molecule has 0 saturated heterocycles. The summed E-state index contributed by atoms with van der Waals surface area (Å²) in [6.07, 6.45) is 7.00. The largest absolute Gasteiger partial charge is 0.449 e. The van der Waals surface area contributed by atoms with Gasteiger partial charge in [0, 0.05) is 12.1 Å². The molecule has 2 aliphatic carbocycles. The molecule has 0 spiro atoms. The third-order valence-electron chi connectivity index (χ3n) is 7.78. The van der Waals surface area contributed by atoms with E-state index in [4.69, 9.17) is 4.74 Å². The molecule has 0 aromatic heterocycles. The number of nitrogens with one attached hydrogen (secondary N) is 1. The summed E-state index contributed by atoms with van der Waals surface area (Å²) >= 11 is 0. The molecule has 3 amide bonds. The van der Waals surface area contributed by atoms with Crippen molar-refractivity contribution >= 4 is 23.7 Å². The average Bonchev–Trinajstić information content (AvgIpc) is 3.06. The van der Waals surface area contributed by atoms with Gasteiger partial charge < -0.3 is 10.1 Å². The van der Waals surface area contributed by atoms with Gasteiger partial charge in [0.2, 0.25) is 0 Å². The molecular weight excluding hydrogens is 420 g/mol. The lowest BCUT2D eigenvalue weighted by Gasteiger charge is -2.35. The van der Waals surface area contributed by atoms with Crippen molar-refractivity contribution in [3.63, 3.8) is 0 Å². The van der Waals surface area contributed by atoms with Gasteiger partial charge in [-0.3, -0.25) is 19.3 Å². The number of amides is 3. The van der Waals surface area contributed by atoms with Gasteiger partial charge in [0.15, 0.2) is 6.10 Å². The molecule has 1 aliphatic heterocycles. The molecule has 2 fully saturated rings. The van der Waals surface area contributed by atoms with Crippen LogP contribution in [0.5, 0.6) is 0 Å². The molecule has 7 heteroatoms. The lowest BCUT2D eigenvalue weighted by molar-refractivity contribution is -0.130. The second-order valence-electron chi connectivity index (χ2n) is 9.96. The smallest absolute Gasteiger partial charge is 0.338 e.